The van der Waals surface area contributed by atoms with E-state index < -0.39 is 0 Å². The molecule has 0 bridgehead atoms. The van der Waals surface area contributed by atoms with Gasteiger partial charge in [0.1, 0.15) is 5.69 Å². The molecule has 118 valence electrons. The van der Waals surface area contributed by atoms with Crippen molar-refractivity contribution < 1.29 is 4.79 Å². The summed E-state index contributed by atoms with van der Waals surface area (Å²) in [6, 6.07) is 15.4. The molecule has 0 saturated heterocycles. The number of carbonyl (C=O) groups is 1. The van der Waals surface area contributed by atoms with Crippen molar-refractivity contribution in [2.24, 2.45) is 0 Å². The van der Waals surface area contributed by atoms with Crippen molar-refractivity contribution in [1.82, 2.24) is 15.1 Å². The molecule has 0 aliphatic carbocycles. The van der Waals surface area contributed by atoms with Crippen LogP contribution in [0.4, 0.5) is 0 Å². The highest BCUT2D eigenvalue weighted by Crippen LogP contribution is 2.24. The van der Waals surface area contributed by atoms with Gasteiger partial charge in [-0.1, -0.05) is 40.2 Å². The summed E-state index contributed by atoms with van der Waals surface area (Å²) >= 11 is 3.47. The first kappa shape index (κ1) is 15.7. The Morgan fingerprint density at radius 2 is 1.87 bits per heavy atom. The highest BCUT2D eigenvalue weighted by Gasteiger charge is 2.23. The van der Waals surface area contributed by atoms with Crippen LogP contribution in [0.25, 0.3) is 16.6 Å². The fourth-order valence-corrected chi connectivity index (χ4v) is 2.83. The first-order valence-electron chi connectivity index (χ1n) is 7.41. The van der Waals surface area contributed by atoms with Gasteiger partial charge < -0.3 is 5.32 Å². The summed E-state index contributed by atoms with van der Waals surface area (Å²) in [5.74, 6) is -0.133. The summed E-state index contributed by atoms with van der Waals surface area (Å²) in [5.41, 5.74) is 1.87. The zero-order valence-corrected chi connectivity index (χ0v) is 14.9. The maximum atomic E-state index is 12.8. The smallest absolute Gasteiger partial charge is 0.271 e. The van der Waals surface area contributed by atoms with E-state index in [1.807, 2.05) is 69.3 Å². The van der Waals surface area contributed by atoms with Gasteiger partial charge in [-0.05, 0) is 45.0 Å². The van der Waals surface area contributed by atoms with Gasteiger partial charge in [0, 0.05) is 15.4 Å². The number of rotatable bonds is 2. The van der Waals surface area contributed by atoms with Crippen molar-refractivity contribution in [2.75, 3.05) is 0 Å². The minimum atomic E-state index is -0.315. The molecule has 0 saturated carbocycles. The van der Waals surface area contributed by atoms with Gasteiger partial charge in [-0.2, -0.15) is 5.10 Å². The number of nitrogens with zero attached hydrogens (tertiary/aromatic N) is 2. The van der Waals surface area contributed by atoms with Crippen LogP contribution >= 0.6 is 15.9 Å². The summed E-state index contributed by atoms with van der Waals surface area (Å²) in [7, 11) is 0. The quantitative estimate of drug-likeness (QED) is 0.729. The Bertz CT molecular complexity index is 877. The molecule has 3 rings (SSSR count). The van der Waals surface area contributed by atoms with Gasteiger partial charge >= 0.3 is 0 Å². The highest BCUT2D eigenvalue weighted by molar-refractivity contribution is 9.10. The monoisotopic (exact) mass is 371 g/mol. The van der Waals surface area contributed by atoms with Crippen LogP contribution in [0.15, 0.2) is 53.0 Å². The zero-order chi connectivity index (χ0) is 16.6. The number of benzene rings is 2. The van der Waals surface area contributed by atoms with Crippen molar-refractivity contribution in [3.05, 3.63) is 58.7 Å². The van der Waals surface area contributed by atoms with Crippen molar-refractivity contribution in [3.8, 4) is 5.69 Å². The van der Waals surface area contributed by atoms with Crippen LogP contribution in [0, 0.1) is 0 Å². The van der Waals surface area contributed by atoms with Gasteiger partial charge in [0.25, 0.3) is 5.91 Å². The lowest BCUT2D eigenvalue weighted by Gasteiger charge is -2.21. The number of fused-ring (bicyclic) bond motifs is 1. The zero-order valence-electron chi connectivity index (χ0n) is 13.3. The Labute approximate surface area is 143 Å². The predicted molar refractivity (Wildman–Crippen MR) is 96.0 cm³/mol. The van der Waals surface area contributed by atoms with Crippen LogP contribution in [0.2, 0.25) is 0 Å². The highest BCUT2D eigenvalue weighted by atomic mass is 79.9. The Hall–Kier alpha value is -2.14. The lowest BCUT2D eigenvalue weighted by molar-refractivity contribution is 0.0913. The third-order valence-electron chi connectivity index (χ3n) is 3.34. The van der Waals surface area contributed by atoms with Gasteiger partial charge in [-0.25, -0.2) is 4.68 Å². The average molecular weight is 372 g/mol. The second-order valence-electron chi connectivity index (χ2n) is 6.46. The normalized spacial score (nSPS) is 11.7. The van der Waals surface area contributed by atoms with Crippen LogP contribution < -0.4 is 5.32 Å². The number of nitrogens with one attached hydrogen (secondary N) is 1. The van der Waals surface area contributed by atoms with Crippen LogP contribution in [0.3, 0.4) is 0 Å². The van der Waals surface area contributed by atoms with Gasteiger partial charge in [-0.15, -0.1) is 0 Å². The average Bonchev–Trinajstić information content (AvgIpc) is 2.85. The lowest BCUT2D eigenvalue weighted by atomic mass is 10.1. The molecule has 3 aromatic rings. The van der Waals surface area contributed by atoms with Gasteiger partial charge in [-0.3, -0.25) is 4.79 Å². The van der Waals surface area contributed by atoms with Crippen molar-refractivity contribution in [3.63, 3.8) is 0 Å². The molecule has 0 fully saturated rings. The molecule has 1 amide bonds. The molecule has 0 atom stereocenters. The summed E-state index contributed by atoms with van der Waals surface area (Å²) < 4.78 is 2.65. The maximum absolute atomic E-state index is 12.8. The van der Waals surface area contributed by atoms with Gasteiger partial charge in [0.15, 0.2) is 0 Å². The van der Waals surface area contributed by atoms with Crippen LogP contribution in [-0.4, -0.2) is 21.2 Å². The van der Waals surface area contributed by atoms with E-state index in [0.717, 1.165) is 21.1 Å². The Kier molecular flexibility index (Phi) is 3.98. The molecule has 0 aliphatic rings. The summed E-state index contributed by atoms with van der Waals surface area (Å²) in [6.45, 7) is 5.90. The molecule has 0 radical (unpaired) electrons. The van der Waals surface area contributed by atoms with E-state index in [4.69, 9.17) is 0 Å². The molecule has 1 heterocycles. The number of amides is 1. The Balaban J connectivity index is 2.21. The predicted octanol–water partition coefficient (Wildman–Crippen LogP) is 4.32. The van der Waals surface area contributed by atoms with Crippen LogP contribution in [0.1, 0.15) is 31.3 Å². The minimum Gasteiger partial charge on any atom is -0.346 e. The van der Waals surface area contributed by atoms with E-state index in [9.17, 15) is 4.79 Å². The topological polar surface area (TPSA) is 46.9 Å². The van der Waals surface area contributed by atoms with Crippen molar-refractivity contribution >= 4 is 32.7 Å². The van der Waals surface area contributed by atoms with Crippen LogP contribution in [0.5, 0.6) is 0 Å². The van der Waals surface area contributed by atoms with E-state index in [1.54, 1.807) is 4.68 Å². The maximum Gasteiger partial charge on any atom is 0.271 e. The van der Waals surface area contributed by atoms with Gasteiger partial charge in [0.05, 0.1) is 11.2 Å². The second-order valence-corrected chi connectivity index (χ2v) is 7.38. The van der Waals surface area contributed by atoms with Crippen LogP contribution in [-0.2, 0) is 0 Å². The summed E-state index contributed by atoms with van der Waals surface area (Å²) in [6.07, 6.45) is 0. The van der Waals surface area contributed by atoms with E-state index >= 15 is 0 Å². The lowest BCUT2D eigenvalue weighted by Crippen LogP contribution is -2.41. The molecular formula is C18H18BrN3O. The first-order valence-corrected chi connectivity index (χ1v) is 8.21. The standard InChI is InChI=1S/C18H18BrN3O/c1-18(2,3)20-17(23)16-14-9-4-5-10-15(14)21-22(16)13-8-6-7-12(19)11-13/h4-11H,1-3H3,(H,20,23). The molecule has 0 spiro atoms. The molecule has 2 aromatic carbocycles. The van der Waals surface area contributed by atoms with E-state index in [0.29, 0.717) is 5.69 Å². The SMILES string of the molecule is CC(C)(C)NC(=O)c1c2ccccc2nn1-c1cccc(Br)c1. The number of carbonyl (C=O) groups excluding carboxylic acids is 1. The fourth-order valence-electron chi connectivity index (χ4n) is 2.45. The summed E-state index contributed by atoms with van der Waals surface area (Å²) in [4.78, 5) is 12.8. The number of aromatic nitrogens is 2. The molecular weight excluding hydrogens is 354 g/mol. The third-order valence-corrected chi connectivity index (χ3v) is 3.83. The third kappa shape index (κ3) is 3.29. The minimum absolute atomic E-state index is 0.133. The Morgan fingerprint density at radius 1 is 1.13 bits per heavy atom. The number of hydrogen-bond donors (Lipinski definition) is 1. The number of halogens is 1. The molecule has 4 nitrogen and oxygen atoms in total. The summed E-state index contributed by atoms with van der Waals surface area (Å²) in [5, 5.41) is 8.48. The first-order chi connectivity index (χ1) is 10.8. The van der Waals surface area contributed by atoms with Gasteiger partial charge in [0.2, 0.25) is 0 Å². The largest absolute Gasteiger partial charge is 0.346 e. The fraction of sp³-hybridized carbons (Fsp3) is 0.222. The molecule has 1 aromatic heterocycles. The second kappa shape index (κ2) is 5.81. The van der Waals surface area contributed by atoms with Crippen molar-refractivity contribution in [2.45, 2.75) is 26.3 Å². The number of hydrogen-bond acceptors (Lipinski definition) is 2. The molecule has 1 N–H and O–H groups in total. The molecule has 5 heteroatoms. The van der Waals surface area contributed by atoms with E-state index in [1.165, 1.54) is 0 Å². The van der Waals surface area contributed by atoms with E-state index in [-0.39, 0.29) is 11.4 Å². The molecule has 23 heavy (non-hydrogen) atoms. The van der Waals surface area contributed by atoms with E-state index in [2.05, 4.69) is 26.3 Å². The molecule has 0 unspecified atom stereocenters. The Morgan fingerprint density at radius 3 is 2.57 bits per heavy atom. The van der Waals surface area contributed by atoms with Crippen molar-refractivity contribution in [1.29, 1.82) is 0 Å². The molecule has 0 aliphatic heterocycles.